The van der Waals surface area contributed by atoms with E-state index < -0.39 is 0 Å². The molecule has 6 heteroatoms. The van der Waals surface area contributed by atoms with Crippen molar-refractivity contribution >= 4 is 22.4 Å². The summed E-state index contributed by atoms with van der Waals surface area (Å²) in [7, 11) is 0. The number of nitrogens with one attached hydrogen (secondary N) is 1. The zero-order chi connectivity index (χ0) is 24.0. The van der Waals surface area contributed by atoms with Gasteiger partial charge in [-0.05, 0) is 92.7 Å². The highest BCUT2D eigenvalue weighted by Crippen LogP contribution is 2.27. The lowest BCUT2D eigenvalue weighted by atomic mass is 9.95. The van der Waals surface area contributed by atoms with E-state index >= 15 is 0 Å². The van der Waals surface area contributed by atoms with Crippen molar-refractivity contribution in [1.29, 1.82) is 0 Å². The third-order valence-electron chi connectivity index (χ3n) is 6.67. The number of hydrogen-bond acceptors (Lipinski definition) is 4. The number of rotatable bonds is 8. The lowest BCUT2D eigenvalue weighted by molar-refractivity contribution is 0.275. The van der Waals surface area contributed by atoms with Crippen LogP contribution in [0.1, 0.15) is 31.2 Å². The zero-order valence-corrected chi connectivity index (χ0v) is 20.5. The predicted octanol–water partition coefficient (Wildman–Crippen LogP) is 5.92. The Labute approximate surface area is 210 Å². The molecule has 1 aromatic heterocycles. The minimum absolute atomic E-state index is 0.104. The number of nitrogens with zero attached hydrogens (tertiary/aromatic N) is 2. The number of hydrogen-bond donors (Lipinski definition) is 1. The van der Waals surface area contributed by atoms with Crippen LogP contribution in [0, 0.1) is 5.92 Å². The van der Waals surface area contributed by atoms with Gasteiger partial charge in [-0.3, -0.25) is 4.79 Å². The summed E-state index contributed by atoms with van der Waals surface area (Å²) in [6.07, 6.45) is 4.87. The van der Waals surface area contributed by atoms with E-state index in [0.29, 0.717) is 17.0 Å². The predicted molar refractivity (Wildman–Crippen MR) is 142 cm³/mol. The molecule has 0 amide bonds. The van der Waals surface area contributed by atoms with Crippen molar-refractivity contribution in [2.75, 3.05) is 19.7 Å². The molecule has 2 heterocycles. The number of fused-ring (bicyclic) bond motifs is 1. The molecule has 5 nitrogen and oxygen atoms in total. The fourth-order valence-electron chi connectivity index (χ4n) is 4.76. The van der Waals surface area contributed by atoms with Gasteiger partial charge in [-0.1, -0.05) is 41.9 Å². The van der Waals surface area contributed by atoms with Crippen LogP contribution in [0.2, 0.25) is 5.02 Å². The van der Waals surface area contributed by atoms with E-state index in [2.05, 4.69) is 5.32 Å². The van der Waals surface area contributed by atoms with Gasteiger partial charge in [0, 0.05) is 16.0 Å². The molecule has 0 saturated carbocycles. The van der Waals surface area contributed by atoms with Gasteiger partial charge in [0.25, 0.3) is 5.56 Å². The molecule has 1 N–H and O–H groups in total. The van der Waals surface area contributed by atoms with Crippen LogP contribution < -0.4 is 15.6 Å². The van der Waals surface area contributed by atoms with Crippen LogP contribution in [0.3, 0.4) is 0 Å². The van der Waals surface area contributed by atoms with Gasteiger partial charge in [0.05, 0.1) is 24.2 Å². The average Bonchev–Trinajstić information content (AvgIpc) is 2.91. The van der Waals surface area contributed by atoms with Crippen molar-refractivity contribution in [1.82, 2.24) is 15.1 Å². The summed E-state index contributed by atoms with van der Waals surface area (Å²) < 4.78 is 7.53. The van der Waals surface area contributed by atoms with Gasteiger partial charge in [0.2, 0.25) is 0 Å². The molecule has 0 aliphatic carbocycles. The zero-order valence-electron chi connectivity index (χ0n) is 19.8. The van der Waals surface area contributed by atoms with Crippen molar-refractivity contribution in [2.24, 2.45) is 5.92 Å². The second-order valence-corrected chi connectivity index (χ2v) is 9.65. The van der Waals surface area contributed by atoms with E-state index in [1.807, 2.05) is 72.8 Å². The molecule has 1 aliphatic rings. The van der Waals surface area contributed by atoms with E-state index in [9.17, 15) is 4.79 Å². The highest BCUT2D eigenvalue weighted by Gasteiger charge is 2.14. The van der Waals surface area contributed by atoms with Crippen LogP contribution in [0.5, 0.6) is 5.75 Å². The maximum Gasteiger partial charge on any atom is 0.274 e. The largest absolute Gasteiger partial charge is 0.494 e. The third kappa shape index (κ3) is 5.75. The molecule has 35 heavy (non-hydrogen) atoms. The smallest absolute Gasteiger partial charge is 0.274 e. The summed E-state index contributed by atoms with van der Waals surface area (Å²) in [6, 6.07) is 23.2. The van der Waals surface area contributed by atoms with Gasteiger partial charge in [-0.2, -0.15) is 5.10 Å². The average molecular weight is 488 g/mol. The monoisotopic (exact) mass is 487 g/mol. The van der Waals surface area contributed by atoms with Crippen LogP contribution in [0.25, 0.3) is 22.0 Å². The summed E-state index contributed by atoms with van der Waals surface area (Å²) in [4.78, 5) is 13.1. The van der Waals surface area contributed by atoms with Gasteiger partial charge in [-0.25, -0.2) is 4.68 Å². The molecule has 0 spiro atoms. The molecule has 1 fully saturated rings. The van der Waals surface area contributed by atoms with E-state index in [0.717, 1.165) is 60.0 Å². The Kier molecular flexibility index (Phi) is 7.45. The number of aromatic nitrogens is 2. The van der Waals surface area contributed by atoms with Crippen LogP contribution in [0.15, 0.2) is 77.6 Å². The van der Waals surface area contributed by atoms with Crippen molar-refractivity contribution in [3.63, 3.8) is 0 Å². The quantitative estimate of drug-likeness (QED) is 0.313. The van der Waals surface area contributed by atoms with Gasteiger partial charge < -0.3 is 10.1 Å². The summed E-state index contributed by atoms with van der Waals surface area (Å²) in [5, 5.41) is 10.4. The van der Waals surface area contributed by atoms with Crippen molar-refractivity contribution < 1.29 is 4.74 Å². The Morgan fingerprint density at radius 2 is 1.77 bits per heavy atom. The molecule has 3 aromatic carbocycles. The standard InChI is InChI=1S/C29H30ClN3O2/c30-24-13-9-22(10-14-24)20-33-29(34)27-8-2-1-7-26(27)28(32-33)23-11-15-25(16-12-23)35-18-4-6-21-5-3-17-31-19-21/h1-2,7-16,21,31H,3-6,17-20H2. The minimum Gasteiger partial charge on any atom is -0.494 e. The summed E-state index contributed by atoms with van der Waals surface area (Å²) in [5.41, 5.74) is 2.60. The molecule has 180 valence electrons. The molecule has 0 radical (unpaired) electrons. The van der Waals surface area contributed by atoms with E-state index in [4.69, 9.17) is 21.4 Å². The highest BCUT2D eigenvalue weighted by molar-refractivity contribution is 6.30. The highest BCUT2D eigenvalue weighted by atomic mass is 35.5. The lowest BCUT2D eigenvalue weighted by Crippen LogP contribution is -2.29. The van der Waals surface area contributed by atoms with Crippen LogP contribution in [0.4, 0.5) is 0 Å². The summed E-state index contributed by atoms with van der Waals surface area (Å²) >= 11 is 6.02. The molecule has 4 aromatic rings. The number of piperidine rings is 1. The molecular weight excluding hydrogens is 458 g/mol. The molecule has 1 aliphatic heterocycles. The normalized spacial score (nSPS) is 15.9. The maximum atomic E-state index is 13.1. The molecule has 1 atom stereocenters. The maximum absolute atomic E-state index is 13.1. The Hall–Kier alpha value is -3.15. The van der Waals surface area contributed by atoms with Gasteiger partial charge in [0.15, 0.2) is 0 Å². The topological polar surface area (TPSA) is 56.1 Å². The Morgan fingerprint density at radius 3 is 2.51 bits per heavy atom. The van der Waals surface area contributed by atoms with Gasteiger partial charge >= 0.3 is 0 Å². The first-order chi connectivity index (χ1) is 17.2. The first-order valence-electron chi connectivity index (χ1n) is 12.4. The summed E-state index contributed by atoms with van der Waals surface area (Å²) in [6.45, 7) is 3.40. The van der Waals surface area contributed by atoms with E-state index in [-0.39, 0.29) is 5.56 Å². The van der Waals surface area contributed by atoms with E-state index in [1.165, 1.54) is 23.9 Å². The fraction of sp³-hybridized carbons (Fsp3) is 0.310. The second kappa shape index (κ2) is 11.1. The van der Waals surface area contributed by atoms with E-state index in [1.54, 1.807) is 0 Å². The van der Waals surface area contributed by atoms with Crippen molar-refractivity contribution in [3.05, 3.63) is 93.7 Å². The Balaban J connectivity index is 1.34. The van der Waals surface area contributed by atoms with Gasteiger partial charge in [-0.15, -0.1) is 0 Å². The molecule has 1 unspecified atom stereocenters. The molecule has 5 rings (SSSR count). The third-order valence-corrected chi connectivity index (χ3v) is 6.92. The summed E-state index contributed by atoms with van der Waals surface area (Å²) in [5.74, 6) is 1.63. The molecule has 0 bridgehead atoms. The number of ether oxygens (including phenoxy) is 1. The first kappa shape index (κ1) is 23.6. The fourth-order valence-corrected chi connectivity index (χ4v) is 4.89. The van der Waals surface area contributed by atoms with Crippen LogP contribution >= 0.6 is 11.6 Å². The van der Waals surface area contributed by atoms with Crippen LogP contribution in [-0.2, 0) is 6.54 Å². The Morgan fingerprint density at radius 1 is 1.00 bits per heavy atom. The number of benzene rings is 3. The SMILES string of the molecule is O=c1c2ccccc2c(-c2ccc(OCCCC3CCCNC3)cc2)nn1Cc1ccc(Cl)cc1. The first-order valence-corrected chi connectivity index (χ1v) is 12.7. The van der Waals surface area contributed by atoms with Crippen molar-refractivity contribution in [3.8, 4) is 17.0 Å². The van der Waals surface area contributed by atoms with Gasteiger partial charge in [0.1, 0.15) is 5.75 Å². The Bertz CT molecular complexity index is 1330. The molecular formula is C29H30ClN3O2. The lowest BCUT2D eigenvalue weighted by Gasteiger charge is -2.22. The van der Waals surface area contributed by atoms with Crippen LogP contribution in [-0.4, -0.2) is 29.5 Å². The molecule has 1 saturated heterocycles. The number of halogens is 1. The van der Waals surface area contributed by atoms with Crippen molar-refractivity contribution in [2.45, 2.75) is 32.2 Å². The second-order valence-electron chi connectivity index (χ2n) is 9.21. The minimum atomic E-state index is -0.104.